The Bertz CT molecular complexity index is 982. The van der Waals surface area contributed by atoms with Crippen LogP contribution in [0.25, 0.3) is 0 Å². The smallest absolute Gasteiger partial charge is 0.289 e. The number of para-hydroxylation sites is 1. The minimum absolute atomic E-state index is 0.257. The molecule has 11 heteroatoms. The van der Waals surface area contributed by atoms with E-state index in [0.29, 0.717) is 9.88 Å². The van der Waals surface area contributed by atoms with Crippen molar-refractivity contribution in [3.05, 3.63) is 46.0 Å². The molecule has 0 aromatic heterocycles. The molecular weight excluding hydrogens is 429 g/mol. The van der Waals surface area contributed by atoms with Gasteiger partial charge in [-0.3, -0.25) is 19.9 Å². The molecule has 1 aliphatic heterocycles. The second-order valence-corrected chi connectivity index (χ2v) is 9.86. The number of nitro benzene ring substituents is 1. The molecule has 0 unspecified atom stereocenters. The molecule has 152 valence electrons. The van der Waals surface area contributed by atoms with Crippen molar-refractivity contribution in [1.82, 2.24) is 4.31 Å². The molecule has 2 rings (SSSR count). The lowest BCUT2D eigenvalue weighted by atomic mass is 9.92. The van der Waals surface area contributed by atoms with Crippen LogP contribution in [0, 0.1) is 10.1 Å². The molecule has 0 aliphatic carbocycles. The minimum Gasteiger partial charge on any atom is -0.292 e. The van der Waals surface area contributed by atoms with Gasteiger partial charge in [-0.25, -0.2) is 12.7 Å². The molecule has 0 spiro atoms. The number of benzene rings is 1. The Hall–Kier alpha value is -1.97. The quantitative estimate of drug-likeness (QED) is 0.286. The van der Waals surface area contributed by atoms with Gasteiger partial charge in [0.1, 0.15) is 11.9 Å². The number of amidine groups is 1. The first-order chi connectivity index (χ1) is 12.8. The van der Waals surface area contributed by atoms with Crippen molar-refractivity contribution < 1.29 is 18.1 Å². The molecule has 0 amide bonds. The highest BCUT2D eigenvalue weighted by Crippen LogP contribution is 2.38. The van der Waals surface area contributed by atoms with E-state index < -0.39 is 47.7 Å². The average molecular weight is 448 g/mol. The summed E-state index contributed by atoms with van der Waals surface area (Å²) in [5.41, 5.74) is -1.15. The van der Waals surface area contributed by atoms with E-state index in [-0.39, 0.29) is 5.84 Å². The Kier molecular flexibility index (Phi) is 6.22. The molecule has 0 N–H and O–H groups in total. The average Bonchev–Trinajstić information content (AvgIpc) is 2.86. The number of alkyl halides is 2. The third-order valence-electron chi connectivity index (χ3n) is 4.03. The topological polar surface area (TPSA) is 110 Å². The van der Waals surface area contributed by atoms with Crippen LogP contribution in [0.5, 0.6) is 0 Å². The second kappa shape index (κ2) is 7.81. The number of hydrogen-bond acceptors (Lipinski definition) is 6. The van der Waals surface area contributed by atoms with Gasteiger partial charge in [0, 0.05) is 6.07 Å². The van der Waals surface area contributed by atoms with Crippen LogP contribution in [-0.2, 0) is 14.8 Å². The predicted molar refractivity (Wildman–Crippen MR) is 107 cm³/mol. The van der Waals surface area contributed by atoms with Crippen LogP contribution in [0.2, 0.25) is 0 Å². The van der Waals surface area contributed by atoms with Gasteiger partial charge >= 0.3 is 0 Å². The van der Waals surface area contributed by atoms with Gasteiger partial charge in [-0.15, -0.1) is 0 Å². The van der Waals surface area contributed by atoms with Gasteiger partial charge in [-0.1, -0.05) is 40.9 Å². The largest absolute Gasteiger partial charge is 0.292 e. The summed E-state index contributed by atoms with van der Waals surface area (Å²) in [7, 11) is -4.57. The summed E-state index contributed by atoms with van der Waals surface area (Å²) >= 11 is 11.9. The van der Waals surface area contributed by atoms with Crippen molar-refractivity contribution in [2.75, 3.05) is 0 Å². The van der Waals surface area contributed by atoms with Gasteiger partial charge in [0.15, 0.2) is 15.5 Å². The van der Waals surface area contributed by atoms with Gasteiger partial charge in [0.25, 0.3) is 15.7 Å². The summed E-state index contributed by atoms with van der Waals surface area (Å²) in [6.45, 7) is 6.52. The maximum Gasteiger partial charge on any atom is 0.289 e. The maximum absolute atomic E-state index is 13.4. The van der Waals surface area contributed by atoms with E-state index in [4.69, 9.17) is 23.2 Å². The monoisotopic (exact) mass is 447 g/mol. The Morgan fingerprint density at radius 2 is 1.89 bits per heavy atom. The fourth-order valence-corrected chi connectivity index (χ4v) is 5.32. The van der Waals surface area contributed by atoms with Gasteiger partial charge in [0.2, 0.25) is 0 Å². The van der Waals surface area contributed by atoms with Crippen LogP contribution in [-0.4, -0.2) is 45.7 Å². The number of allylic oxidation sites excluding steroid dienone is 1. The Morgan fingerprint density at radius 3 is 2.39 bits per heavy atom. The zero-order chi connectivity index (χ0) is 21.4. The summed E-state index contributed by atoms with van der Waals surface area (Å²) in [5.74, 6) is -0.785. The fourth-order valence-electron chi connectivity index (χ4n) is 2.99. The summed E-state index contributed by atoms with van der Waals surface area (Å²) in [6.07, 6.45) is 1.30. The number of nitro groups is 1. The lowest BCUT2D eigenvalue weighted by Crippen LogP contribution is -2.52. The third-order valence-corrected chi connectivity index (χ3v) is 6.23. The zero-order valence-corrected chi connectivity index (χ0v) is 17.9. The number of ketones is 1. The van der Waals surface area contributed by atoms with Gasteiger partial charge < -0.3 is 0 Å². The molecule has 1 aromatic rings. The number of carbonyl (C=O) groups excluding carboxylic acids is 1. The predicted octanol–water partition coefficient (Wildman–Crippen LogP) is 3.48. The van der Waals surface area contributed by atoms with Crippen molar-refractivity contribution in [3.8, 4) is 0 Å². The standard InChI is InChI=1S/C17H19Cl2N3O5S/c1-10(2)9-12(23)14-17(3,4)20-16(15(18)19)21(14)28(26,27)13-8-6-5-7-11(13)22(24)25/h5-9,14-15H,1-4H3/t14-/m1/s1. The molecule has 28 heavy (non-hydrogen) atoms. The molecule has 0 saturated heterocycles. The molecular formula is C17H19Cl2N3O5S. The Balaban J connectivity index is 2.76. The normalized spacial score (nSPS) is 18.8. The number of aliphatic imine (C=N–C) groups is 1. The molecule has 1 aliphatic rings. The first-order valence-corrected chi connectivity index (χ1v) is 10.5. The molecule has 1 aromatic carbocycles. The number of carbonyl (C=O) groups is 1. The van der Waals surface area contributed by atoms with E-state index in [9.17, 15) is 23.3 Å². The second-order valence-electron chi connectivity index (χ2n) is 6.98. The molecule has 0 saturated carbocycles. The molecule has 0 radical (unpaired) electrons. The van der Waals surface area contributed by atoms with Crippen LogP contribution in [0.4, 0.5) is 5.69 Å². The van der Waals surface area contributed by atoms with E-state index in [1.165, 1.54) is 18.2 Å². The SMILES string of the molecule is CC(C)=CC(=O)[C@H]1N(S(=O)(=O)c2ccccc2[N+](=O)[O-])C(C(Cl)Cl)=NC1(C)C. The van der Waals surface area contributed by atoms with Crippen molar-refractivity contribution >= 4 is 50.5 Å². The summed E-state index contributed by atoms with van der Waals surface area (Å²) in [6, 6.07) is 3.57. The van der Waals surface area contributed by atoms with E-state index in [2.05, 4.69) is 4.99 Å². The number of sulfonamides is 1. The third kappa shape index (κ3) is 4.06. The van der Waals surface area contributed by atoms with E-state index in [1.807, 2.05) is 0 Å². The van der Waals surface area contributed by atoms with Gasteiger partial charge in [-0.2, -0.15) is 0 Å². The Labute approximate surface area is 173 Å². The van der Waals surface area contributed by atoms with Crippen molar-refractivity contribution in [3.63, 3.8) is 0 Å². The molecule has 0 bridgehead atoms. The number of nitrogens with zero attached hydrogens (tertiary/aromatic N) is 3. The zero-order valence-electron chi connectivity index (χ0n) is 15.6. The molecule has 1 atom stereocenters. The minimum atomic E-state index is -4.57. The van der Waals surface area contributed by atoms with Crippen molar-refractivity contribution in [1.29, 1.82) is 0 Å². The Morgan fingerprint density at radius 1 is 1.32 bits per heavy atom. The maximum atomic E-state index is 13.4. The van der Waals surface area contributed by atoms with Gasteiger partial charge in [-0.05, 0) is 39.8 Å². The van der Waals surface area contributed by atoms with E-state index in [0.717, 1.165) is 12.1 Å². The van der Waals surface area contributed by atoms with E-state index >= 15 is 0 Å². The highest BCUT2D eigenvalue weighted by Gasteiger charge is 2.53. The van der Waals surface area contributed by atoms with Crippen molar-refractivity contribution in [2.24, 2.45) is 4.99 Å². The first kappa shape index (κ1) is 22.3. The van der Waals surface area contributed by atoms with Crippen LogP contribution < -0.4 is 0 Å². The molecule has 8 nitrogen and oxygen atoms in total. The fraction of sp³-hybridized carbons (Fsp3) is 0.412. The van der Waals surface area contributed by atoms with Crippen molar-refractivity contribution in [2.45, 2.75) is 49.0 Å². The van der Waals surface area contributed by atoms with Gasteiger partial charge in [0.05, 0.1) is 10.5 Å². The van der Waals surface area contributed by atoms with Crippen LogP contribution in [0.15, 0.2) is 45.8 Å². The molecule has 1 heterocycles. The van der Waals surface area contributed by atoms with E-state index in [1.54, 1.807) is 27.7 Å². The lowest BCUT2D eigenvalue weighted by molar-refractivity contribution is -0.387. The van der Waals surface area contributed by atoms with Crippen LogP contribution >= 0.6 is 23.2 Å². The first-order valence-electron chi connectivity index (χ1n) is 8.15. The van der Waals surface area contributed by atoms with Crippen LogP contribution in [0.1, 0.15) is 27.7 Å². The molecule has 0 fully saturated rings. The highest BCUT2D eigenvalue weighted by atomic mass is 35.5. The van der Waals surface area contributed by atoms with Crippen LogP contribution in [0.3, 0.4) is 0 Å². The number of halogens is 2. The number of hydrogen-bond donors (Lipinski definition) is 0. The highest BCUT2D eigenvalue weighted by molar-refractivity contribution is 7.90. The number of rotatable bonds is 6. The summed E-state index contributed by atoms with van der Waals surface area (Å²) in [5, 5.41) is 11.4. The summed E-state index contributed by atoms with van der Waals surface area (Å²) < 4.78 is 27.5. The lowest BCUT2D eigenvalue weighted by Gasteiger charge is -2.31. The summed E-state index contributed by atoms with van der Waals surface area (Å²) in [4.78, 5) is 25.7.